The number of aromatic amines is 1. The molecule has 0 saturated heterocycles. The van der Waals surface area contributed by atoms with Gasteiger partial charge in [0.1, 0.15) is 17.7 Å². The average molecular weight is 342 g/mol. The first-order chi connectivity index (χ1) is 12.0. The van der Waals surface area contributed by atoms with E-state index in [-0.39, 0.29) is 5.69 Å². The zero-order valence-electron chi connectivity index (χ0n) is 13.4. The molecule has 1 heterocycles. The second-order valence-electron chi connectivity index (χ2n) is 5.65. The van der Waals surface area contributed by atoms with Crippen LogP contribution in [0.1, 0.15) is 17.2 Å². The lowest BCUT2D eigenvalue weighted by Gasteiger charge is -2.14. The molecule has 25 heavy (non-hydrogen) atoms. The Hall–Kier alpha value is -3.06. The van der Waals surface area contributed by atoms with Gasteiger partial charge in [0, 0.05) is 11.8 Å². The number of anilines is 1. The molecule has 3 rings (SSSR count). The van der Waals surface area contributed by atoms with Crippen LogP contribution in [0.4, 0.5) is 14.5 Å². The zero-order valence-corrected chi connectivity index (χ0v) is 13.4. The minimum Gasteiger partial charge on any atom is -0.322 e. The maximum absolute atomic E-state index is 14.4. The number of carbonyl (C=O) groups is 1. The summed E-state index contributed by atoms with van der Waals surface area (Å²) in [6.45, 7) is 1.80. The van der Waals surface area contributed by atoms with Gasteiger partial charge < -0.3 is 11.1 Å². The van der Waals surface area contributed by atoms with Gasteiger partial charge in [0.15, 0.2) is 0 Å². The number of halogens is 2. The SMILES string of the molecule is Cc1cc(NC(=O)[C@H](N)c2ccc(F)cc2)c(F)cc1-c1cn[nH]c1. The molecule has 1 atom stereocenters. The van der Waals surface area contributed by atoms with E-state index in [1.165, 1.54) is 36.4 Å². The number of nitrogens with zero attached hydrogens (tertiary/aromatic N) is 1. The number of nitrogens with one attached hydrogen (secondary N) is 2. The molecular weight excluding hydrogens is 326 g/mol. The summed E-state index contributed by atoms with van der Waals surface area (Å²) >= 11 is 0. The van der Waals surface area contributed by atoms with Gasteiger partial charge in [-0.2, -0.15) is 5.10 Å². The maximum atomic E-state index is 14.4. The highest BCUT2D eigenvalue weighted by molar-refractivity contribution is 5.95. The summed E-state index contributed by atoms with van der Waals surface area (Å²) in [5.41, 5.74) is 8.53. The topological polar surface area (TPSA) is 83.8 Å². The first-order valence-electron chi connectivity index (χ1n) is 7.57. The van der Waals surface area contributed by atoms with E-state index in [1.54, 1.807) is 19.3 Å². The third-order valence-electron chi connectivity index (χ3n) is 3.89. The Bertz CT molecular complexity index is 892. The van der Waals surface area contributed by atoms with Crippen LogP contribution < -0.4 is 11.1 Å². The van der Waals surface area contributed by atoms with Crippen molar-refractivity contribution in [3.63, 3.8) is 0 Å². The van der Waals surface area contributed by atoms with E-state index in [2.05, 4.69) is 15.5 Å². The molecule has 0 unspecified atom stereocenters. The number of H-pyrrole nitrogens is 1. The van der Waals surface area contributed by atoms with Crippen molar-refractivity contribution in [3.05, 3.63) is 71.6 Å². The molecule has 0 saturated carbocycles. The fourth-order valence-corrected chi connectivity index (χ4v) is 2.52. The largest absolute Gasteiger partial charge is 0.322 e. The summed E-state index contributed by atoms with van der Waals surface area (Å²) in [6, 6.07) is 7.10. The van der Waals surface area contributed by atoms with Gasteiger partial charge in [0.25, 0.3) is 0 Å². The molecule has 128 valence electrons. The minimum atomic E-state index is -1.03. The van der Waals surface area contributed by atoms with Gasteiger partial charge in [-0.15, -0.1) is 0 Å². The van der Waals surface area contributed by atoms with Gasteiger partial charge in [0.05, 0.1) is 11.9 Å². The number of carbonyl (C=O) groups excluding carboxylic acids is 1. The van der Waals surface area contributed by atoms with Gasteiger partial charge >= 0.3 is 0 Å². The predicted molar refractivity (Wildman–Crippen MR) is 90.7 cm³/mol. The molecule has 1 amide bonds. The van der Waals surface area contributed by atoms with Crippen molar-refractivity contribution in [3.8, 4) is 11.1 Å². The molecule has 7 heteroatoms. The Balaban J connectivity index is 1.81. The number of rotatable bonds is 4. The Morgan fingerprint density at radius 2 is 1.96 bits per heavy atom. The molecular formula is C18H16F2N4O. The fourth-order valence-electron chi connectivity index (χ4n) is 2.52. The van der Waals surface area contributed by atoms with E-state index in [0.717, 1.165) is 11.1 Å². The summed E-state index contributed by atoms with van der Waals surface area (Å²) in [5.74, 6) is -1.59. The molecule has 0 aliphatic heterocycles. The lowest BCUT2D eigenvalue weighted by molar-refractivity contribution is -0.117. The zero-order chi connectivity index (χ0) is 18.0. The lowest BCUT2D eigenvalue weighted by Crippen LogP contribution is -2.28. The number of nitrogens with two attached hydrogens (primary N) is 1. The van der Waals surface area contributed by atoms with Crippen LogP contribution in [0, 0.1) is 18.6 Å². The monoisotopic (exact) mass is 342 g/mol. The van der Waals surface area contributed by atoms with Gasteiger partial charge in [0.2, 0.25) is 5.91 Å². The molecule has 0 aliphatic rings. The fraction of sp³-hybridized carbons (Fsp3) is 0.111. The molecule has 5 nitrogen and oxygen atoms in total. The van der Waals surface area contributed by atoms with E-state index in [9.17, 15) is 13.6 Å². The lowest BCUT2D eigenvalue weighted by atomic mass is 10.0. The van der Waals surface area contributed by atoms with Crippen molar-refractivity contribution in [2.45, 2.75) is 13.0 Å². The smallest absolute Gasteiger partial charge is 0.245 e. The third kappa shape index (κ3) is 3.56. The van der Waals surface area contributed by atoms with E-state index in [1.807, 2.05) is 0 Å². The molecule has 0 bridgehead atoms. The molecule has 3 aromatic rings. The number of aromatic nitrogens is 2. The first-order valence-corrected chi connectivity index (χ1v) is 7.57. The van der Waals surface area contributed by atoms with Crippen molar-refractivity contribution in [1.29, 1.82) is 0 Å². The van der Waals surface area contributed by atoms with Gasteiger partial charge in [-0.25, -0.2) is 8.78 Å². The Morgan fingerprint density at radius 3 is 2.60 bits per heavy atom. The molecule has 0 fully saturated rings. The number of aryl methyl sites for hydroxylation is 1. The Morgan fingerprint density at radius 1 is 1.24 bits per heavy atom. The van der Waals surface area contributed by atoms with Crippen molar-refractivity contribution >= 4 is 11.6 Å². The van der Waals surface area contributed by atoms with Crippen LogP contribution in [0.2, 0.25) is 0 Å². The number of benzene rings is 2. The number of hydrogen-bond donors (Lipinski definition) is 3. The average Bonchev–Trinajstić information content (AvgIpc) is 3.12. The highest BCUT2D eigenvalue weighted by atomic mass is 19.1. The highest BCUT2D eigenvalue weighted by Gasteiger charge is 2.18. The van der Waals surface area contributed by atoms with Crippen LogP contribution in [-0.4, -0.2) is 16.1 Å². The minimum absolute atomic E-state index is 0.0345. The normalized spacial score (nSPS) is 12.0. The summed E-state index contributed by atoms with van der Waals surface area (Å²) in [7, 11) is 0. The first kappa shape index (κ1) is 16.8. The van der Waals surface area contributed by atoms with Crippen molar-refractivity contribution in [1.82, 2.24) is 10.2 Å². The number of amides is 1. The van der Waals surface area contributed by atoms with Crippen molar-refractivity contribution < 1.29 is 13.6 Å². The van der Waals surface area contributed by atoms with Gasteiger partial charge in [-0.3, -0.25) is 9.89 Å². The van der Waals surface area contributed by atoms with Gasteiger partial charge in [-0.1, -0.05) is 12.1 Å². The second kappa shape index (κ2) is 6.82. The summed E-state index contributed by atoms with van der Waals surface area (Å²) < 4.78 is 27.3. The predicted octanol–water partition coefficient (Wildman–Crippen LogP) is 3.30. The van der Waals surface area contributed by atoms with Crippen molar-refractivity contribution in [2.24, 2.45) is 5.73 Å². The van der Waals surface area contributed by atoms with Crippen LogP contribution in [0.5, 0.6) is 0 Å². The molecule has 0 radical (unpaired) electrons. The molecule has 1 aromatic heterocycles. The Kier molecular flexibility index (Phi) is 4.58. The number of hydrogen-bond acceptors (Lipinski definition) is 3. The van der Waals surface area contributed by atoms with Gasteiger partial charge in [-0.05, 0) is 47.9 Å². The summed E-state index contributed by atoms with van der Waals surface area (Å²) in [6.07, 6.45) is 3.24. The van der Waals surface area contributed by atoms with Crippen LogP contribution in [0.15, 0.2) is 48.8 Å². The van der Waals surface area contributed by atoms with E-state index < -0.39 is 23.6 Å². The van der Waals surface area contributed by atoms with Crippen LogP contribution >= 0.6 is 0 Å². The molecule has 0 aliphatic carbocycles. The second-order valence-corrected chi connectivity index (χ2v) is 5.65. The van der Waals surface area contributed by atoms with E-state index in [4.69, 9.17) is 5.73 Å². The van der Waals surface area contributed by atoms with E-state index >= 15 is 0 Å². The summed E-state index contributed by atoms with van der Waals surface area (Å²) in [5, 5.41) is 9.00. The van der Waals surface area contributed by atoms with Crippen LogP contribution in [-0.2, 0) is 4.79 Å². The molecule has 0 spiro atoms. The van der Waals surface area contributed by atoms with E-state index in [0.29, 0.717) is 11.1 Å². The third-order valence-corrected chi connectivity index (χ3v) is 3.89. The molecule has 2 aromatic carbocycles. The quantitative estimate of drug-likeness (QED) is 0.680. The van der Waals surface area contributed by atoms with Crippen LogP contribution in [0.25, 0.3) is 11.1 Å². The standard InChI is InChI=1S/C18H16F2N4O/c1-10-6-16(15(20)7-14(10)12-8-22-23-9-12)24-18(25)17(21)11-2-4-13(19)5-3-11/h2-9,17H,21H2,1H3,(H,22,23)(H,24,25)/t17-/m1/s1. The highest BCUT2D eigenvalue weighted by Crippen LogP contribution is 2.28. The van der Waals surface area contributed by atoms with Crippen LogP contribution in [0.3, 0.4) is 0 Å². The molecule has 4 N–H and O–H groups in total. The van der Waals surface area contributed by atoms with Crippen molar-refractivity contribution in [2.75, 3.05) is 5.32 Å². The Labute approximate surface area is 142 Å². The summed E-state index contributed by atoms with van der Waals surface area (Å²) in [4.78, 5) is 12.3. The maximum Gasteiger partial charge on any atom is 0.245 e.